The van der Waals surface area contributed by atoms with Gasteiger partial charge in [-0.05, 0) is 25.1 Å². The first kappa shape index (κ1) is 17.4. The molecule has 1 aliphatic heterocycles. The van der Waals surface area contributed by atoms with E-state index in [1.807, 2.05) is 18.7 Å². The fourth-order valence-electron chi connectivity index (χ4n) is 1.16. The Morgan fingerprint density at radius 1 is 1.47 bits per heavy atom. The number of amides is 1. The zero-order chi connectivity index (χ0) is 11.1. The number of hydrogen-bond donors (Lipinski definition) is 0. The van der Waals surface area contributed by atoms with Gasteiger partial charge in [-0.3, -0.25) is 0 Å². The fraction of sp³-hybridized carbons (Fsp3) is 0.636. The minimum Gasteiger partial charge on any atom is -0.502 e. The number of nitrogens with zero attached hydrogens (tertiary/aromatic N) is 2. The van der Waals surface area contributed by atoms with E-state index in [0.717, 1.165) is 25.1 Å². The molecule has 0 saturated carbocycles. The van der Waals surface area contributed by atoms with E-state index in [0.29, 0.717) is 0 Å². The third-order valence-corrected chi connectivity index (χ3v) is 1.98. The number of carbonyl (C=O) groups excluding carboxylic acids is 1. The van der Waals surface area contributed by atoms with Crippen LogP contribution < -0.4 is 0 Å². The van der Waals surface area contributed by atoms with Gasteiger partial charge < -0.3 is 14.6 Å². The van der Waals surface area contributed by atoms with Crippen molar-refractivity contribution >= 4 is 5.91 Å². The van der Waals surface area contributed by atoms with Gasteiger partial charge in [0.2, 0.25) is 0 Å². The monoisotopic (exact) mass is 286 g/mol. The van der Waals surface area contributed by atoms with Gasteiger partial charge in [-0.25, -0.2) is 6.54 Å². The molecule has 0 aliphatic carbocycles. The average Bonchev–Trinajstić information content (AvgIpc) is 2.55. The predicted molar refractivity (Wildman–Crippen MR) is 59.4 cm³/mol. The van der Waals surface area contributed by atoms with Crippen molar-refractivity contribution < 1.29 is 37.5 Å². The Kier molecular flexibility index (Phi) is 10.7. The Morgan fingerprint density at radius 2 is 2.00 bits per heavy atom. The first-order valence-electron chi connectivity index (χ1n) is 5.12. The number of likely N-dealkylation sites (N-methyl/N-ethyl adjacent to an activating group) is 1. The summed E-state index contributed by atoms with van der Waals surface area (Å²) in [5.74, 6) is 0.0260. The summed E-state index contributed by atoms with van der Waals surface area (Å²) in [7, 11) is 3.50. The Bertz CT molecular complexity index is 205. The first-order chi connectivity index (χ1) is 6.61. The van der Waals surface area contributed by atoms with Crippen LogP contribution in [0.2, 0.25) is 0 Å². The van der Waals surface area contributed by atoms with Crippen LogP contribution in [0.15, 0.2) is 12.3 Å². The van der Waals surface area contributed by atoms with E-state index in [4.69, 9.17) is 0 Å². The van der Waals surface area contributed by atoms with Gasteiger partial charge in [0.15, 0.2) is 0 Å². The molecule has 1 radical (unpaired) electrons. The van der Waals surface area contributed by atoms with Crippen molar-refractivity contribution in [3.05, 3.63) is 18.8 Å². The van der Waals surface area contributed by atoms with Gasteiger partial charge in [-0.1, -0.05) is 20.4 Å². The second kappa shape index (κ2) is 9.23. The van der Waals surface area contributed by atoms with Gasteiger partial charge in [0, 0.05) is 46.8 Å². The molecule has 0 aromatic rings. The summed E-state index contributed by atoms with van der Waals surface area (Å²) in [6.45, 7) is 10.4. The first-order valence-corrected chi connectivity index (χ1v) is 5.12. The zero-order valence-electron chi connectivity index (χ0n) is 10.3. The molecule has 1 rings (SSSR count). The Hall–Kier alpha value is -0.0161. The third-order valence-electron chi connectivity index (χ3n) is 1.98. The molecule has 0 aromatic carbocycles. The molecule has 3 nitrogen and oxygen atoms in total. The van der Waals surface area contributed by atoms with Crippen LogP contribution in [0.1, 0.15) is 26.7 Å². The number of rotatable bonds is 2. The summed E-state index contributed by atoms with van der Waals surface area (Å²) >= 11 is 0. The second-order valence-corrected chi connectivity index (χ2v) is 3.22. The summed E-state index contributed by atoms with van der Waals surface area (Å²) in [4.78, 5) is 14.7. The van der Waals surface area contributed by atoms with E-state index < -0.39 is 0 Å². The van der Waals surface area contributed by atoms with E-state index in [9.17, 15) is 4.79 Å². The van der Waals surface area contributed by atoms with Crippen LogP contribution in [-0.4, -0.2) is 36.3 Å². The van der Waals surface area contributed by atoms with Gasteiger partial charge in [-0.2, -0.15) is 0 Å². The molecule has 1 fully saturated rings. The van der Waals surface area contributed by atoms with Crippen LogP contribution in [0.3, 0.4) is 0 Å². The van der Waals surface area contributed by atoms with E-state index in [1.54, 1.807) is 25.5 Å². The van der Waals surface area contributed by atoms with Crippen LogP contribution in [0, 0.1) is 6.54 Å². The van der Waals surface area contributed by atoms with Crippen molar-refractivity contribution in [1.82, 2.24) is 9.80 Å². The van der Waals surface area contributed by atoms with Crippen molar-refractivity contribution in [1.29, 1.82) is 0 Å². The molecular formula is C11H21N2OY-. The van der Waals surface area contributed by atoms with Crippen molar-refractivity contribution in [3.63, 3.8) is 0 Å². The van der Waals surface area contributed by atoms with Crippen molar-refractivity contribution in [2.75, 3.05) is 20.6 Å². The summed E-state index contributed by atoms with van der Waals surface area (Å²) < 4.78 is 0. The topological polar surface area (TPSA) is 23.6 Å². The quantitative estimate of drug-likeness (QED) is 0.724. The maximum atomic E-state index is 11.2. The smallest absolute Gasteiger partial charge is 0.103 e. The molecule has 1 aliphatic rings. The van der Waals surface area contributed by atoms with Crippen molar-refractivity contribution in [2.24, 2.45) is 0 Å². The normalized spacial score (nSPS) is 13.6. The third kappa shape index (κ3) is 6.21. The number of likely N-dealkylation sites (tertiary alicyclic amines) is 1. The Balaban J connectivity index is 0. The van der Waals surface area contributed by atoms with Crippen LogP contribution in [0.4, 0.5) is 0 Å². The van der Waals surface area contributed by atoms with Crippen molar-refractivity contribution in [3.8, 4) is 0 Å². The number of carbonyl (C=O) groups is 1. The van der Waals surface area contributed by atoms with Crippen LogP contribution >= 0.6 is 0 Å². The van der Waals surface area contributed by atoms with Crippen LogP contribution in [-0.2, 0) is 37.5 Å². The minimum atomic E-state index is 0. The standard InChI is InChI=1S/C9H15N2O.C2H6.Y/c1-8-5-4-6-11(8)7-9(12)10(2)3;1-2;/h7H,1,4-6H2,2-3H3;1-2H3;/q-1;;. The largest absolute Gasteiger partial charge is 0.502 e. The van der Waals surface area contributed by atoms with E-state index in [2.05, 4.69) is 6.58 Å². The Labute approximate surface area is 119 Å². The molecule has 0 atom stereocenters. The minimum absolute atomic E-state index is 0. The molecule has 0 aromatic heterocycles. The predicted octanol–water partition coefficient (Wildman–Crippen LogP) is 1.87. The molecular weight excluding hydrogens is 265 g/mol. The van der Waals surface area contributed by atoms with Crippen LogP contribution in [0.5, 0.6) is 0 Å². The van der Waals surface area contributed by atoms with E-state index in [1.165, 1.54) is 0 Å². The fourth-order valence-corrected chi connectivity index (χ4v) is 1.16. The molecule has 15 heavy (non-hydrogen) atoms. The maximum absolute atomic E-state index is 11.2. The van der Waals surface area contributed by atoms with E-state index >= 15 is 0 Å². The molecule has 85 valence electrons. The number of hydrogen-bond acceptors (Lipinski definition) is 2. The SMILES string of the molecule is C=C1CCCN1[CH-]C(=O)N(C)C.CC.[Y]. The number of allylic oxidation sites excluding steroid dienone is 1. The summed E-state index contributed by atoms with van der Waals surface area (Å²) in [6, 6.07) is 0. The molecule has 0 spiro atoms. The molecule has 0 unspecified atom stereocenters. The van der Waals surface area contributed by atoms with Crippen LogP contribution in [0.25, 0.3) is 0 Å². The molecule has 0 bridgehead atoms. The maximum Gasteiger partial charge on any atom is 0.103 e. The van der Waals surface area contributed by atoms with Gasteiger partial charge >= 0.3 is 0 Å². The second-order valence-electron chi connectivity index (χ2n) is 3.22. The molecule has 0 N–H and O–H groups in total. The van der Waals surface area contributed by atoms with Gasteiger partial charge in [-0.15, -0.1) is 0 Å². The van der Waals surface area contributed by atoms with Gasteiger partial charge in [0.05, 0.1) is 0 Å². The molecule has 1 amide bonds. The zero-order valence-corrected chi connectivity index (χ0v) is 13.1. The summed E-state index contributed by atoms with van der Waals surface area (Å²) in [5, 5.41) is 0. The van der Waals surface area contributed by atoms with E-state index in [-0.39, 0.29) is 38.6 Å². The Morgan fingerprint density at radius 3 is 2.33 bits per heavy atom. The average molecular weight is 286 g/mol. The molecule has 1 heterocycles. The summed E-state index contributed by atoms with van der Waals surface area (Å²) in [5.41, 5.74) is 1.05. The van der Waals surface area contributed by atoms with Gasteiger partial charge in [0.1, 0.15) is 5.91 Å². The summed E-state index contributed by atoms with van der Waals surface area (Å²) in [6.07, 6.45) is 2.12. The van der Waals surface area contributed by atoms with Crippen molar-refractivity contribution in [2.45, 2.75) is 26.7 Å². The molecule has 4 heteroatoms. The molecule has 1 saturated heterocycles. The van der Waals surface area contributed by atoms with Gasteiger partial charge in [0.25, 0.3) is 0 Å².